The molecule has 0 bridgehead atoms. The van der Waals surface area contributed by atoms with Crippen LogP contribution in [0.25, 0.3) is 0 Å². The van der Waals surface area contributed by atoms with Crippen molar-refractivity contribution in [1.29, 1.82) is 0 Å². The van der Waals surface area contributed by atoms with Crippen molar-refractivity contribution in [2.45, 2.75) is 19.9 Å². The number of nitrogens with zero attached hydrogens (tertiary/aromatic N) is 1. The summed E-state index contributed by atoms with van der Waals surface area (Å²) < 4.78 is 13.0. The SMILES string of the molecule is CN(Cc1ccc(F)cc1Cl)CC1(C)CCNC1.Cl. The lowest BCUT2D eigenvalue weighted by molar-refractivity contribution is 0.203. The summed E-state index contributed by atoms with van der Waals surface area (Å²) in [6, 6.07) is 4.61. The van der Waals surface area contributed by atoms with Gasteiger partial charge in [-0.1, -0.05) is 24.6 Å². The minimum atomic E-state index is -0.279. The smallest absolute Gasteiger partial charge is 0.124 e. The lowest BCUT2D eigenvalue weighted by atomic mass is 9.89. The topological polar surface area (TPSA) is 15.3 Å². The van der Waals surface area contributed by atoms with Crippen molar-refractivity contribution in [3.8, 4) is 0 Å². The molecule has 0 saturated carbocycles. The van der Waals surface area contributed by atoms with Crippen LogP contribution < -0.4 is 5.32 Å². The molecule has 0 spiro atoms. The maximum absolute atomic E-state index is 13.0. The second kappa shape index (κ2) is 6.89. The summed E-state index contributed by atoms with van der Waals surface area (Å²) in [6.45, 7) is 6.24. The summed E-state index contributed by atoms with van der Waals surface area (Å²) in [5.74, 6) is -0.279. The standard InChI is InChI=1S/C14H20ClFN2.ClH/c1-14(5-6-17-9-14)10-18(2)8-11-3-4-12(16)7-13(11)15;/h3-4,7,17H,5-6,8-10H2,1-2H3;1H. The van der Waals surface area contributed by atoms with Crippen LogP contribution in [0.3, 0.4) is 0 Å². The van der Waals surface area contributed by atoms with Crippen molar-refractivity contribution in [2.75, 3.05) is 26.7 Å². The van der Waals surface area contributed by atoms with Crippen LogP contribution in [-0.4, -0.2) is 31.6 Å². The molecule has 19 heavy (non-hydrogen) atoms. The van der Waals surface area contributed by atoms with E-state index < -0.39 is 0 Å². The largest absolute Gasteiger partial charge is 0.316 e. The Morgan fingerprint density at radius 1 is 1.47 bits per heavy atom. The summed E-state index contributed by atoms with van der Waals surface area (Å²) in [5, 5.41) is 3.91. The second-order valence-corrected chi connectivity index (χ2v) is 6.05. The average molecular weight is 307 g/mol. The zero-order valence-electron chi connectivity index (χ0n) is 11.4. The number of hydrogen-bond donors (Lipinski definition) is 1. The number of benzene rings is 1. The minimum Gasteiger partial charge on any atom is -0.316 e. The fourth-order valence-corrected chi connectivity index (χ4v) is 2.88. The molecule has 1 aromatic carbocycles. The first-order valence-electron chi connectivity index (χ1n) is 6.32. The molecule has 2 nitrogen and oxygen atoms in total. The van der Waals surface area contributed by atoms with E-state index >= 15 is 0 Å². The van der Waals surface area contributed by atoms with Gasteiger partial charge in [-0.2, -0.15) is 0 Å². The molecule has 1 aliphatic heterocycles. The van der Waals surface area contributed by atoms with Crippen molar-refractivity contribution >= 4 is 24.0 Å². The molecule has 1 N–H and O–H groups in total. The number of rotatable bonds is 4. The van der Waals surface area contributed by atoms with Crippen molar-refractivity contribution in [1.82, 2.24) is 10.2 Å². The Morgan fingerprint density at radius 2 is 2.21 bits per heavy atom. The first-order chi connectivity index (χ1) is 8.48. The van der Waals surface area contributed by atoms with Gasteiger partial charge in [-0.3, -0.25) is 0 Å². The fraction of sp³-hybridized carbons (Fsp3) is 0.571. The summed E-state index contributed by atoms with van der Waals surface area (Å²) in [6.07, 6.45) is 1.20. The predicted octanol–water partition coefficient (Wildman–Crippen LogP) is 3.33. The molecular formula is C14H21Cl2FN2. The maximum atomic E-state index is 13.0. The highest BCUT2D eigenvalue weighted by Crippen LogP contribution is 2.26. The van der Waals surface area contributed by atoms with E-state index in [0.29, 0.717) is 10.4 Å². The highest BCUT2D eigenvalue weighted by atomic mass is 35.5. The Hall–Kier alpha value is -0.350. The van der Waals surface area contributed by atoms with Crippen LogP contribution in [0, 0.1) is 11.2 Å². The molecule has 1 unspecified atom stereocenters. The minimum absolute atomic E-state index is 0. The maximum Gasteiger partial charge on any atom is 0.124 e. The Labute approximate surface area is 125 Å². The molecule has 0 amide bonds. The first kappa shape index (κ1) is 16.7. The van der Waals surface area contributed by atoms with E-state index in [2.05, 4.69) is 24.2 Å². The molecular weight excluding hydrogens is 286 g/mol. The van der Waals surface area contributed by atoms with Gasteiger partial charge in [-0.05, 0) is 43.1 Å². The molecule has 0 aromatic heterocycles. The van der Waals surface area contributed by atoms with Gasteiger partial charge in [0.25, 0.3) is 0 Å². The summed E-state index contributed by atoms with van der Waals surface area (Å²) in [5.41, 5.74) is 1.32. The molecule has 2 rings (SSSR count). The number of nitrogens with one attached hydrogen (secondary N) is 1. The van der Waals surface area contributed by atoms with Gasteiger partial charge in [-0.25, -0.2) is 4.39 Å². The lowest BCUT2D eigenvalue weighted by Crippen LogP contribution is -2.34. The predicted molar refractivity (Wildman–Crippen MR) is 80.6 cm³/mol. The van der Waals surface area contributed by atoms with Gasteiger partial charge in [-0.15, -0.1) is 12.4 Å². The van der Waals surface area contributed by atoms with Gasteiger partial charge in [0.2, 0.25) is 0 Å². The Morgan fingerprint density at radius 3 is 2.79 bits per heavy atom. The monoisotopic (exact) mass is 306 g/mol. The van der Waals surface area contributed by atoms with Crippen LogP contribution in [0.15, 0.2) is 18.2 Å². The third-order valence-electron chi connectivity index (χ3n) is 3.56. The highest BCUT2D eigenvalue weighted by molar-refractivity contribution is 6.31. The van der Waals surface area contributed by atoms with Crippen LogP contribution in [0.4, 0.5) is 4.39 Å². The molecule has 1 fully saturated rings. The van der Waals surface area contributed by atoms with E-state index in [-0.39, 0.29) is 18.2 Å². The highest BCUT2D eigenvalue weighted by Gasteiger charge is 2.29. The van der Waals surface area contributed by atoms with E-state index in [1.54, 1.807) is 6.07 Å². The van der Waals surface area contributed by atoms with Gasteiger partial charge >= 0.3 is 0 Å². The van der Waals surface area contributed by atoms with Crippen LogP contribution in [0.5, 0.6) is 0 Å². The Bertz CT molecular complexity index is 420. The average Bonchev–Trinajstić information content (AvgIpc) is 2.69. The lowest BCUT2D eigenvalue weighted by Gasteiger charge is -2.29. The van der Waals surface area contributed by atoms with E-state index in [1.165, 1.54) is 18.6 Å². The Kier molecular flexibility index (Phi) is 6.06. The van der Waals surface area contributed by atoms with Gasteiger partial charge in [0.1, 0.15) is 5.82 Å². The normalized spacial score (nSPS) is 22.6. The number of halogens is 3. The van der Waals surface area contributed by atoms with Crippen LogP contribution in [-0.2, 0) is 6.54 Å². The van der Waals surface area contributed by atoms with Crippen LogP contribution >= 0.6 is 24.0 Å². The third kappa shape index (κ3) is 4.60. The second-order valence-electron chi connectivity index (χ2n) is 5.65. The molecule has 1 atom stereocenters. The van der Waals surface area contributed by atoms with Crippen molar-refractivity contribution in [3.63, 3.8) is 0 Å². The summed E-state index contributed by atoms with van der Waals surface area (Å²) in [7, 11) is 2.09. The van der Waals surface area contributed by atoms with Crippen LogP contribution in [0.1, 0.15) is 18.9 Å². The molecule has 1 saturated heterocycles. The summed E-state index contributed by atoms with van der Waals surface area (Å²) >= 11 is 6.05. The zero-order valence-corrected chi connectivity index (χ0v) is 13.0. The first-order valence-corrected chi connectivity index (χ1v) is 6.69. The van der Waals surface area contributed by atoms with Gasteiger partial charge < -0.3 is 10.2 Å². The van der Waals surface area contributed by atoms with Gasteiger partial charge in [0.15, 0.2) is 0 Å². The fourth-order valence-electron chi connectivity index (χ4n) is 2.65. The van der Waals surface area contributed by atoms with E-state index in [9.17, 15) is 4.39 Å². The van der Waals surface area contributed by atoms with Crippen molar-refractivity contribution in [3.05, 3.63) is 34.6 Å². The van der Waals surface area contributed by atoms with Gasteiger partial charge in [0.05, 0.1) is 0 Å². The quantitative estimate of drug-likeness (QED) is 0.918. The zero-order chi connectivity index (χ0) is 13.2. The molecule has 1 aliphatic rings. The molecule has 5 heteroatoms. The van der Waals surface area contributed by atoms with E-state index in [0.717, 1.165) is 31.7 Å². The molecule has 0 aliphatic carbocycles. The molecule has 1 heterocycles. The molecule has 1 aromatic rings. The third-order valence-corrected chi connectivity index (χ3v) is 3.92. The van der Waals surface area contributed by atoms with E-state index in [1.807, 2.05) is 0 Å². The molecule has 0 radical (unpaired) electrons. The van der Waals surface area contributed by atoms with Crippen molar-refractivity contribution in [2.24, 2.45) is 5.41 Å². The van der Waals surface area contributed by atoms with Gasteiger partial charge in [0, 0.05) is 24.7 Å². The van der Waals surface area contributed by atoms with Crippen LogP contribution in [0.2, 0.25) is 5.02 Å². The summed E-state index contributed by atoms with van der Waals surface area (Å²) in [4.78, 5) is 2.26. The molecule has 108 valence electrons. The Balaban J connectivity index is 0.00000180. The van der Waals surface area contributed by atoms with E-state index in [4.69, 9.17) is 11.6 Å². The van der Waals surface area contributed by atoms with Crippen molar-refractivity contribution < 1.29 is 4.39 Å². The number of hydrogen-bond acceptors (Lipinski definition) is 2.